The Morgan fingerprint density at radius 1 is 0.588 bits per heavy atom. The Hall–Kier alpha value is -2.59. The molecule has 5 aliphatic rings. The Bertz CT molecular complexity index is 1650. The van der Waals surface area contributed by atoms with E-state index in [0.29, 0.717) is 0 Å². The van der Waals surface area contributed by atoms with Crippen LogP contribution in [-0.4, -0.2) is 297 Å². The topological polar surface area (TPSA) is 502 Å². The van der Waals surface area contributed by atoms with Crippen LogP contribution in [0.4, 0.5) is 0 Å². The maximum absolute atomic E-state index is 12.9. The first-order valence-corrected chi connectivity index (χ1v) is 21.2. The Kier molecular flexibility index (Phi) is 19.7. The molecule has 31 nitrogen and oxygen atoms in total. The van der Waals surface area contributed by atoms with Gasteiger partial charge in [0.25, 0.3) is 5.79 Å². The highest BCUT2D eigenvalue weighted by Crippen LogP contribution is 2.38. The third kappa shape index (κ3) is 12.0. The number of amides is 2. The van der Waals surface area contributed by atoms with Crippen LogP contribution in [-0.2, 0) is 57.0 Å². The average Bonchev–Trinajstić information content (AvgIpc) is 3.29. The van der Waals surface area contributed by atoms with Crippen molar-refractivity contribution in [3.05, 3.63) is 0 Å². The number of aliphatic hydroxyl groups is 16. The highest BCUT2D eigenvalue weighted by molar-refractivity contribution is 5.76. The lowest BCUT2D eigenvalue weighted by Gasteiger charge is -2.50. The SMILES string of the molecule is CC(=O)N[C@H]1[C@H](O[C@H]2[C@@H](O)[C@@H](CO[C@]3(C(=O)O)C[C@H](O)[C@@H](NC(C)=O)[C@H]([C@H](O)[C@H](O)CO)O3)O[C@@H](O[C@H]3[C@H](O)[C@@H](O)C(O)O[C@@H]3CO)[C@@H]2O)O[C@H](CO)[C@@H](O)[C@@H]1O[C@@H]1O[C@H](CO)[C@H](O)[C@H](O)[C@H]1O. The molecule has 19 N–H and O–H groups in total. The number of hydrogen-bond donors (Lipinski definition) is 19. The Balaban J connectivity index is 1.51. The monoisotopic (exact) mass is 998 g/mol. The molecule has 5 aliphatic heterocycles. The standard InChI is InChI=1S/C37H62N2O29/c1-9(44)38-17-11(46)3-37(36(58)59,68-30(17)19(48)12(47)4-40)60-8-16-22(51)31(27(56)35(64-16)65-28-15(7-43)61-32(57)25(54)24(28)53)67-33-18(39-10(2)45)29(21(50)14(6-42)62-33)66-34-26(55)23(52)20(49)13(5-41)63-34/h11-35,40-43,46-57H,3-8H2,1-2H3,(H,38,44)(H,39,45)(H,58,59)/t11-,12+,13+,14+,15+,16+,17+,18+,19+,20-,21+,22-,23-,24+,25+,26+,27+,28+,29+,30+,31-,32?,33-,34-,35-,37+/m0/s1. The van der Waals surface area contributed by atoms with Crippen molar-refractivity contribution in [2.45, 2.75) is 179 Å². The van der Waals surface area contributed by atoms with Gasteiger partial charge in [-0.25, -0.2) is 4.79 Å². The molecule has 26 atom stereocenters. The second-order valence-electron chi connectivity index (χ2n) is 16.9. The van der Waals surface area contributed by atoms with Crippen LogP contribution in [0.1, 0.15) is 20.3 Å². The maximum atomic E-state index is 12.9. The van der Waals surface area contributed by atoms with Crippen LogP contribution in [0.2, 0.25) is 0 Å². The molecule has 2 amide bonds. The zero-order valence-corrected chi connectivity index (χ0v) is 36.2. The van der Waals surface area contributed by atoms with E-state index >= 15 is 0 Å². The van der Waals surface area contributed by atoms with Crippen LogP contribution >= 0.6 is 0 Å². The molecule has 0 saturated carbocycles. The van der Waals surface area contributed by atoms with Gasteiger partial charge in [0.2, 0.25) is 11.8 Å². The van der Waals surface area contributed by atoms with Gasteiger partial charge in [-0.3, -0.25) is 9.59 Å². The van der Waals surface area contributed by atoms with E-state index in [2.05, 4.69) is 10.6 Å². The summed E-state index contributed by atoms with van der Waals surface area (Å²) < 4.78 is 50.9. The second-order valence-corrected chi connectivity index (χ2v) is 16.9. The molecule has 394 valence electrons. The van der Waals surface area contributed by atoms with E-state index in [9.17, 15) is 101 Å². The zero-order chi connectivity index (χ0) is 50.7. The molecule has 0 aromatic carbocycles. The van der Waals surface area contributed by atoms with Gasteiger partial charge in [-0.15, -0.1) is 0 Å². The van der Waals surface area contributed by atoms with E-state index in [1.165, 1.54) is 0 Å². The number of aliphatic carboxylic acids is 1. The molecule has 68 heavy (non-hydrogen) atoms. The third-order valence-corrected chi connectivity index (χ3v) is 12.1. The first-order valence-electron chi connectivity index (χ1n) is 21.2. The zero-order valence-electron chi connectivity index (χ0n) is 36.2. The summed E-state index contributed by atoms with van der Waals surface area (Å²) in [4.78, 5) is 37.6. The van der Waals surface area contributed by atoms with Crippen molar-refractivity contribution < 1.29 is 144 Å². The van der Waals surface area contributed by atoms with Gasteiger partial charge in [-0.05, 0) is 0 Å². The van der Waals surface area contributed by atoms with Crippen molar-refractivity contribution in [2.24, 2.45) is 0 Å². The molecular weight excluding hydrogens is 936 g/mol. The van der Waals surface area contributed by atoms with E-state index in [0.717, 1.165) is 13.8 Å². The van der Waals surface area contributed by atoms with Crippen molar-refractivity contribution in [1.29, 1.82) is 0 Å². The predicted molar refractivity (Wildman–Crippen MR) is 207 cm³/mol. The molecule has 5 rings (SSSR count). The lowest BCUT2D eigenvalue weighted by molar-refractivity contribution is -0.384. The largest absolute Gasteiger partial charge is 0.477 e. The molecule has 0 aromatic heterocycles. The van der Waals surface area contributed by atoms with Gasteiger partial charge in [0.05, 0.1) is 45.2 Å². The average molecular weight is 999 g/mol. The minimum Gasteiger partial charge on any atom is -0.477 e. The first kappa shape index (κ1) is 56.3. The Morgan fingerprint density at radius 2 is 1.10 bits per heavy atom. The Labute approximate surface area is 384 Å². The number of aliphatic hydroxyl groups excluding tert-OH is 16. The summed E-state index contributed by atoms with van der Waals surface area (Å²) in [6.07, 6.45) is -47.3. The number of carbonyl (C=O) groups is 3. The number of carbonyl (C=O) groups excluding carboxylic acids is 2. The predicted octanol–water partition coefficient (Wildman–Crippen LogP) is -12.4. The van der Waals surface area contributed by atoms with Gasteiger partial charge in [-0.1, -0.05) is 0 Å². The molecule has 0 bridgehead atoms. The minimum atomic E-state index is -3.06. The molecule has 0 aliphatic carbocycles. The number of rotatable bonds is 18. The number of carboxylic acid groups (broad SMARTS) is 1. The number of ether oxygens (including phenoxy) is 9. The summed E-state index contributed by atoms with van der Waals surface area (Å²) >= 11 is 0. The molecule has 5 fully saturated rings. The smallest absolute Gasteiger partial charge is 0.364 e. The van der Waals surface area contributed by atoms with Crippen LogP contribution in [0.15, 0.2) is 0 Å². The number of carboxylic acids is 1. The molecule has 0 aromatic rings. The Morgan fingerprint density at radius 3 is 1.68 bits per heavy atom. The van der Waals surface area contributed by atoms with Gasteiger partial charge in [0.1, 0.15) is 116 Å². The minimum absolute atomic E-state index is 0.806. The summed E-state index contributed by atoms with van der Waals surface area (Å²) in [6, 6.07) is -3.44. The molecule has 31 heteroatoms. The fourth-order valence-corrected chi connectivity index (χ4v) is 8.42. The van der Waals surface area contributed by atoms with E-state index < -0.39 is 216 Å². The highest BCUT2D eigenvalue weighted by atomic mass is 16.8. The van der Waals surface area contributed by atoms with Crippen LogP contribution in [0.3, 0.4) is 0 Å². The van der Waals surface area contributed by atoms with E-state index in [1.807, 2.05) is 0 Å². The molecular formula is C37H62N2O29. The van der Waals surface area contributed by atoms with Crippen LogP contribution in [0, 0.1) is 0 Å². The lowest BCUT2D eigenvalue weighted by atomic mass is 9.88. The van der Waals surface area contributed by atoms with Crippen LogP contribution in [0.25, 0.3) is 0 Å². The number of nitrogens with one attached hydrogen (secondary N) is 2. The number of hydrogen-bond acceptors (Lipinski definition) is 28. The van der Waals surface area contributed by atoms with Gasteiger partial charge in [0, 0.05) is 20.3 Å². The first-order chi connectivity index (χ1) is 31.9. The quantitative estimate of drug-likeness (QED) is 0.0606. The summed E-state index contributed by atoms with van der Waals surface area (Å²) in [7, 11) is 0. The fraction of sp³-hybridized carbons (Fsp3) is 0.919. The van der Waals surface area contributed by atoms with E-state index in [1.54, 1.807) is 0 Å². The molecule has 0 spiro atoms. The summed E-state index contributed by atoms with van der Waals surface area (Å²) in [5.41, 5.74) is 0. The normalized spacial score (nSPS) is 46.6. The van der Waals surface area contributed by atoms with Crippen molar-refractivity contribution >= 4 is 17.8 Å². The summed E-state index contributed by atoms with van der Waals surface area (Å²) in [6.45, 7) is -3.30. The van der Waals surface area contributed by atoms with Gasteiger partial charge in [0.15, 0.2) is 25.2 Å². The summed E-state index contributed by atoms with van der Waals surface area (Å²) in [5.74, 6) is -6.76. The van der Waals surface area contributed by atoms with E-state index in [-0.39, 0.29) is 0 Å². The fourth-order valence-electron chi connectivity index (χ4n) is 8.42. The molecule has 0 radical (unpaired) electrons. The lowest BCUT2D eigenvalue weighted by Crippen LogP contribution is -2.70. The van der Waals surface area contributed by atoms with Crippen LogP contribution < -0.4 is 10.6 Å². The summed E-state index contributed by atoms with van der Waals surface area (Å²) in [5, 5.41) is 184. The second kappa shape index (κ2) is 23.8. The third-order valence-electron chi connectivity index (χ3n) is 12.1. The van der Waals surface area contributed by atoms with Crippen molar-refractivity contribution in [3.8, 4) is 0 Å². The van der Waals surface area contributed by atoms with Crippen molar-refractivity contribution in [1.82, 2.24) is 10.6 Å². The van der Waals surface area contributed by atoms with Gasteiger partial charge in [-0.2, -0.15) is 0 Å². The molecule has 5 heterocycles. The van der Waals surface area contributed by atoms with Gasteiger partial charge >= 0.3 is 5.97 Å². The maximum Gasteiger partial charge on any atom is 0.364 e. The van der Waals surface area contributed by atoms with E-state index in [4.69, 9.17) is 42.6 Å². The van der Waals surface area contributed by atoms with Crippen molar-refractivity contribution in [2.75, 3.05) is 33.0 Å². The molecule has 1 unspecified atom stereocenters. The van der Waals surface area contributed by atoms with Gasteiger partial charge < -0.3 is 140 Å². The van der Waals surface area contributed by atoms with Crippen molar-refractivity contribution in [3.63, 3.8) is 0 Å². The molecule has 5 saturated heterocycles. The highest BCUT2D eigenvalue weighted by Gasteiger charge is 2.59. The van der Waals surface area contributed by atoms with Crippen LogP contribution in [0.5, 0.6) is 0 Å².